The number of rotatable bonds is 5. The molecule has 3 heteroatoms. The normalized spacial score (nSPS) is 22.2. The fourth-order valence-electron chi connectivity index (χ4n) is 4.04. The smallest absolute Gasteiger partial charge is 0.0470 e. The molecule has 4 rings (SSSR count). The maximum Gasteiger partial charge on any atom is 0.0470 e. The number of allylic oxidation sites excluding steroid dienone is 1. The molecular formula is C22H23N3. The van der Waals surface area contributed by atoms with Gasteiger partial charge < -0.3 is 10.7 Å². The summed E-state index contributed by atoms with van der Waals surface area (Å²) in [5.74, 6) is 0.532. The number of hydrogen-bond donors (Lipinski definition) is 2. The SMILES string of the molecule is C=C/C(=C\C=N)CN1CC2Nc3ccc(-c4ccccc4)cc3C2C1. The average molecular weight is 329 g/mol. The lowest BCUT2D eigenvalue weighted by Crippen LogP contribution is -2.27. The molecule has 0 saturated carbocycles. The summed E-state index contributed by atoms with van der Waals surface area (Å²) in [5, 5.41) is 11.0. The van der Waals surface area contributed by atoms with Crippen LogP contribution < -0.4 is 5.32 Å². The highest BCUT2D eigenvalue weighted by Gasteiger charge is 2.39. The minimum Gasteiger partial charge on any atom is -0.380 e. The van der Waals surface area contributed by atoms with Gasteiger partial charge in [-0.15, -0.1) is 0 Å². The fourth-order valence-corrected chi connectivity index (χ4v) is 4.04. The van der Waals surface area contributed by atoms with Crippen molar-refractivity contribution >= 4 is 11.9 Å². The lowest BCUT2D eigenvalue weighted by atomic mass is 9.94. The zero-order valence-electron chi connectivity index (χ0n) is 14.3. The van der Waals surface area contributed by atoms with Gasteiger partial charge in [-0.25, -0.2) is 0 Å². The Hall–Kier alpha value is -2.65. The van der Waals surface area contributed by atoms with Crippen molar-refractivity contribution in [2.75, 3.05) is 25.0 Å². The Labute approximate surface area is 149 Å². The summed E-state index contributed by atoms with van der Waals surface area (Å²) >= 11 is 0. The molecule has 2 N–H and O–H groups in total. The molecule has 0 amide bonds. The van der Waals surface area contributed by atoms with Gasteiger partial charge in [0.15, 0.2) is 0 Å². The van der Waals surface area contributed by atoms with Crippen molar-refractivity contribution in [1.29, 1.82) is 5.41 Å². The first-order chi connectivity index (χ1) is 12.3. The monoisotopic (exact) mass is 329 g/mol. The second-order valence-electron chi connectivity index (χ2n) is 6.83. The van der Waals surface area contributed by atoms with Crippen LogP contribution in [-0.2, 0) is 0 Å². The van der Waals surface area contributed by atoms with Crippen molar-refractivity contribution in [2.24, 2.45) is 0 Å². The van der Waals surface area contributed by atoms with Gasteiger partial charge in [-0.1, -0.05) is 49.1 Å². The summed E-state index contributed by atoms with van der Waals surface area (Å²) in [5.41, 5.74) is 6.38. The van der Waals surface area contributed by atoms with Crippen molar-refractivity contribution in [3.63, 3.8) is 0 Å². The molecular weight excluding hydrogens is 306 g/mol. The number of likely N-dealkylation sites (tertiary alicyclic amines) is 1. The minimum absolute atomic E-state index is 0.479. The number of nitrogens with zero attached hydrogens (tertiary/aromatic N) is 1. The molecule has 0 radical (unpaired) electrons. The molecule has 2 aromatic carbocycles. The van der Waals surface area contributed by atoms with Crippen LogP contribution in [0.25, 0.3) is 11.1 Å². The molecule has 2 aliphatic rings. The van der Waals surface area contributed by atoms with Crippen LogP contribution in [0.2, 0.25) is 0 Å². The summed E-state index contributed by atoms with van der Waals surface area (Å²) in [4.78, 5) is 2.46. The van der Waals surface area contributed by atoms with E-state index in [9.17, 15) is 0 Å². The number of anilines is 1. The topological polar surface area (TPSA) is 39.1 Å². The van der Waals surface area contributed by atoms with Crippen LogP contribution in [0.1, 0.15) is 11.5 Å². The third-order valence-electron chi connectivity index (χ3n) is 5.26. The molecule has 1 saturated heterocycles. The molecule has 2 aliphatic heterocycles. The van der Waals surface area contributed by atoms with E-state index in [1.54, 1.807) is 0 Å². The first-order valence-corrected chi connectivity index (χ1v) is 8.79. The third-order valence-corrected chi connectivity index (χ3v) is 5.26. The second-order valence-corrected chi connectivity index (χ2v) is 6.83. The molecule has 2 atom stereocenters. The van der Waals surface area contributed by atoms with Crippen LogP contribution in [0, 0.1) is 5.41 Å². The number of benzene rings is 2. The number of fused-ring (bicyclic) bond motifs is 3. The molecule has 25 heavy (non-hydrogen) atoms. The third kappa shape index (κ3) is 3.03. The molecule has 0 aromatic heterocycles. The quantitative estimate of drug-likeness (QED) is 0.634. The standard InChI is InChI=1S/C22H23N3/c1-2-16(10-11-23)13-25-14-20-19-12-18(17-6-4-3-5-7-17)8-9-21(19)24-22(20)15-25/h2-12,20,22-24H,1,13-15H2/b16-10+,23-11?. The van der Waals surface area contributed by atoms with Crippen molar-refractivity contribution < 1.29 is 0 Å². The van der Waals surface area contributed by atoms with Gasteiger partial charge in [-0.2, -0.15) is 0 Å². The van der Waals surface area contributed by atoms with Crippen LogP contribution in [0.4, 0.5) is 5.69 Å². The summed E-state index contributed by atoms with van der Waals surface area (Å²) in [6.45, 7) is 6.80. The van der Waals surface area contributed by atoms with E-state index in [1.807, 2.05) is 12.2 Å². The second kappa shape index (κ2) is 6.69. The van der Waals surface area contributed by atoms with Crippen LogP contribution in [0.5, 0.6) is 0 Å². The van der Waals surface area contributed by atoms with Gasteiger partial charge >= 0.3 is 0 Å². The molecule has 0 spiro atoms. The molecule has 1 fully saturated rings. The van der Waals surface area contributed by atoms with Gasteiger partial charge in [-0.05, 0) is 40.5 Å². The highest BCUT2D eigenvalue weighted by atomic mass is 15.2. The van der Waals surface area contributed by atoms with E-state index in [0.717, 1.165) is 25.2 Å². The van der Waals surface area contributed by atoms with Gasteiger partial charge in [-0.3, -0.25) is 4.90 Å². The molecule has 0 bridgehead atoms. The molecule has 126 valence electrons. The van der Waals surface area contributed by atoms with Crippen LogP contribution in [0.15, 0.2) is 72.8 Å². The summed E-state index contributed by atoms with van der Waals surface area (Å²) in [6.07, 6.45) is 5.03. The van der Waals surface area contributed by atoms with Crippen LogP contribution in [-0.4, -0.2) is 36.8 Å². The lowest BCUT2D eigenvalue weighted by molar-refractivity contribution is 0.363. The Morgan fingerprint density at radius 1 is 1.16 bits per heavy atom. The molecule has 2 aromatic rings. The molecule has 2 unspecified atom stereocenters. The maximum absolute atomic E-state index is 7.26. The number of nitrogens with one attached hydrogen (secondary N) is 2. The number of hydrogen-bond acceptors (Lipinski definition) is 3. The van der Waals surface area contributed by atoms with E-state index >= 15 is 0 Å². The van der Waals surface area contributed by atoms with Crippen molar-refractivity contribution in [1.82, 2.24) is 4.90 Å². The van der Waals surface area contributed by atoms with Crippen molar-refractivity contribution in [2.45, 2.75) is 12.0 Å². The van der Waals surface area contributed by atoms with Gasteiger partial charge in [0.2, 0.25) is 0 Å². The Bertz CT molecular complexity index is 822. The van der Waals surface area contributed by atoms with E-state index in [-0.39, 0.29) is 0 Å². The predicted molar refractivity (Wildman–Crippen MR) is 106 cm³/mol. The van der Waals surface area contributed by atoms with E-state index < -0.39 is 0 Å². The Morgan fingerprint density at radius 2 is 2.00 bits per heavy atom. The molecule has 3 nitrogen and oxygen atoms in total. The minimum atomic E-state index is 0.479. The lowest BCUT2D eigenvalue weighted by Gasteiger charge is -2.18. The van der Waals surface area contributed by atoms with E-state index in [2.05, 4.69) is 65.3 Å². The highest BCUT2D eigenvalue weighted by Crippen LogP contribution is 2.42. The largest absolute Gasteiger partial charge is 0.380 e. The molecule has 2 heterocycles. The van der Waals surface area contributed by atoms with Gasteiger partial charge in [0.05, 0.1) is 0 Å². The molecule has 0 aliphatic carbocycles. The van der Waals surface area contributed by atoms with E-state index in [0.29, 0.717) is 12.0 Å². The van der Waals surface area contributed by atoms with E-state index in [4.69, 9.17) is 5.41 Å². The Morgan fingerprint density at radius 3 is 2.76 bits per heavy atom. The van der Waals surface area contributed by atoms with Gasteiger partial charge in [0, 0.05) is 43.5 Å². The van der Waals surface area contributed by atoms with Crippen LogP contribution in [0.3, 0.4) is 0 Å². The summed E-state index contributed by atoms with van der Waals surface area (Å²) in [7, 11) is 0. The highest BCUT2D eigenvalue weighted by molar-refractivity contribution is 5.72. The summed E-state index contributed by atoms with van der Waals surface area (Å²) < 4.78 is 0. The Balaban J connectivity index is 1.55. The van der Waals surface area contributed by atoms with E-state index in [1.165, 1.54) is 28.6 Å². The first-order valence-electron chi connectivity index (χ1n) is 8.79. The van der Waals surface area contributed by atoms with Crippen LogP contribution >= 0.6 is 0 Å². The Kier molecular flexibility index (Phi) is 4.24. The zero-order valence-corrected chi connectivity index (χ0v) is 14.3. The van der Waals surface area contributed by atoms with Crippen molar-refractivity contribution in [3.05, 3.63) is 78.4 Å². The predicted octanol–water partition coefficient (Wildman–Crippen LogP) is 4.31. The van der Waals surface area contributed by atoms with Gasteiger partial charge in [0.1, 0.15) is 0 Å². The summed E-state index contributed by atoms with van der Waals surface area (Å²) in [6, 6.07) is 17.8. The zero-order chi connectivity index (χ0) is 17.2. The van der Waals surface area contributed by atoms with Crippen molar-refractivity contribution in [3.8, 4) is 11.1 Å². The average Bonchev–Trinajstić information content (AvgIpc) is 3.19. The maximum atomic E-state index is 7.26. The fraction of sp³-hybridized carbons (Fsp3) is 0.227. The van der Waals surface area contributed by atoms with Gasteiger partial charge in [0.25, 0.3) is 0 Å². The first kappa shape index (κ1) is 15.9.